The second-order valence-corrected chi connectivity index (χ2v) is 17.8. The zero-order chi connectivity index (χ0) is 34.8. The fourth-order valence-electron chi connectivity index (χ4n) is 14.1. The minimum atomic E-state index is -0.801. The molecular formula is C42H50ClN4O4+. The Morgan fingerprint density at radius 3 is 2.73 bits per heavy atom. The van der Waals surface area contributed by atoms with Crippen LogP contribution in [0.3, 0.4) is 0 Å². The number of aromatic nitrogens is 1. The summed E-state index contributed by atoms with van der Waals surface area (Å²) >= 11 is 7.14. The molecule has 9 heteroatoms. The zero-order valence-corrected chi connectivity index (χ0v) is 31.2. The summed E-state index contributed by atoms with van der Waals surface area (Å²) in [4.78, 5) is 19.3. The summed E-state index contributed by atoms with van der Waals surface area (Å²) in [5, 5.41) is 1.41. The first kappa shape index (κ1) is 31.6. The molecule has 1 aromatic heterocycles. The van der Waals surface area contributed by atoms with Gasteiger partial charge in [0.2, 0.25) is 5.72 Å². The Morgan fingerprint density at radius 1 is 1.12 bits per heavy atom. The van der Waals surface area contributed by atoms with Gasteiger partial charge in [0.15, 0.2) is 11.8 Å². The summed E-state index contributed by atoms with van der Waals surface area (Å²) in [5.74, 6) is 0.156. The Labute approximate surface area is 305 Å². The first-order chi connectivity index (χ1) is 24.7. The minimum absolute atomic E-state index is 0.0449. The lowest BCUT2D eigenvalue weighted by molar-refractivity contribution is -0.958. The summed E-state index contributed by atoms with van der Waals surface area (Å²) in [6.07, 6.45) is 7.19. The molecule has 268 valence electrons. The number of carbonyl (C=O) groups is 1. The van der Waals surface area contributed by atoms with Gasteiger partial charge in [-0.2, -0.15) is 0 Å². The molecule has 0 aliphatic carbocycles. The number of esters is 1. The van der Waals surface area contributed by atoms with Crippen molar-refractivity contribution in [3.8, 4) is 0 Å². The highest BCUT2D eigenvalue weighted by atomic mass is 35.5. The van der Waals surface area contributed by atoms with Gasteiger partial charge in [0.05, 0.1) is 31.7 Å². The Bertz CT molecular complexity index is 2050. The highest BCUT2D eigenvalue weighted by Crippen LogP contribution is 2.73. The van der Waals surface area contributed by atoms with Gasteiger partial charge in [-0.3, -0.25) is 4.90 Å². The molecule has 0 N–H and O–H groups in total. The number of benzene rings is 2. The molecule has 8 nitrogen and oxygen atoms in total. The first-order valence-corrected chi connectivity index (χ1v) is 19.9. The number of para-hydroxylation sites is 2. The number of hydrogen-bond donors (Lipinski definition) is 0. The number of anilines is 1. The molecule has 8 aliphatic rings. The molecule has 0 radical (unpaired) electrons. The smallest absolute Gasteiger partial charge is 0.329 e. The Kier molecular flexibility index (Phi) is 6.33. The van der Waals surface area contributed by atoms with E-state index in [9.17, 15) is 4.79 Å². The maximum Gasteiger partial charge on any atom is 0.329 e. The highest BCUT2D eigenvalue weighted by Gasteiger charge is 2.83. The summed E-state index contributed by atoms with van der Waals surface area (Å²) in [6, 6.07) is 18.8. The number of halogens is 1. The molecule has 51 heavy (non-hydrogen) atoms. The van der Waals surface area contributed by atoms with Crippen LogP contribution in [0.5, 0.6) is 0 Å². The number of nitrogens with zero attached hydrogens (tertiary/aromatic N) is 4. The van der Waals surface area contributed by atoms with Crippen LogP contribution in [0.2, 0.25) is 0 Å². The Morgan fingerprint density at radius 2 is 1.92 bits per heavy atom. The molecule has 2 aromatic carbocycles. The highest BCUT2D eigenvalue weighted by molar-refractivity contribution is 6.17. The molecule has 9 heterocycles. The minimum Gasteiger partial charge on any atom is -0.467 e. The van der Waals surface area contributed by atoms with Gasteiger partial charge in [-0.15, -0.1) is 0 Å². The van der Waals surface area contributed by atoms with Crippen LogP contribution in [0.25, 0.3) is 10.9 Å². The first-order valence-electron chi connectivity index (χ1n) is 19.3. The van der Waals surface area contributed by atoms with Gasteiger partial charge >= 0.3 is 5.97 Å². The summed E-state index contributed by atoms with van der Waals surface area (Å²) in [7, 11) is 6.17. The number of aryl methyl sites for hydroxylation is 1. The quantitative estimate of drug-likeness (QED) is 0.103. The number of fused-ring (bicyclic) bond motifs is 13. The van der Waals surface area contributed by atoms with Gasteiger partial charge in [-0.1, -0.05) is 54.1 Å². The average molecular weight is 710 g/mol. The maximum atomic E-state index is 14.2. The SMILES string of the molecule is C/C=C1/C[N+]2(CCl)CC[C@@]34C[C@H]5[C@@H]6C[C@H]7c8c(c9ccccc9n8C)C[C@@H]([C@@H]6CO[C@@]5(C)O[C@@]35[C@@H]2C[C@@H]1[C@@H](C(=O)OC)N5c1ccccc14)N7C. The molecule has 8 aliphatic heterocycles. The third kappa shape index (κ3) is 3.48. The van der Waals surface area contributed by atoms with E-state index in [0.717, 1.165) is 55.4 Å². The molecular weight excluding hydrogens is 660 g/mol. The third-order valence-corrected chi connectivity index (χ3v) is 16.7. The van der Waals surface area contributed by atoms with Crippen molar-refractivity contribution in [1.29, 1.82) is 0 Å². The van der Waals surface area contributed by atoms with Crippen molar-refractivity contribution in [3.05, 3.63) is 77.0 Å². The van der Waals surface area contributed by atoms with Crippen LogP contribution >= 0.6 is 11.6 Å². The van der Waals surface area contributed by atoms with Gasteiger partial charge in [-0.25, -0.2) is 4.79 Å². The molecule has 0 saturated carbocycles. The summed E-state index contributed by atoms with van der Waals surface area (Å²) in [5.41, 5.74) is 7.08. The number of ether oxygens (including phenoxy) is 3. The van der Waals surface area contributed by atoms with Gasteiger partial charge in [0, 0.05) is 66.0 Å². The molecule has 11 rings (SSSR count). The molecule has 4 bridgehead atoms. The molecule has 6 fully saturated rings. The number of alkyl halides is 1. The largest absolute Gasteiger partial charge is 0.467 e. The number of quaternary nitrogens is 1. The topological polar surface area (TPSA) is 56.2 Å². The van der Waals surface area contributed by atoms with Crippen molar-refractivity contribution >= 4 is 34.2 Å². The molecule has 6 saturated heterocycles. The van der Waals surface area contributed by atoms with Crippen LogP contribution in [0.15, 0.2) is 60.2 Å². The van der Waals surface area contributed by atoms with Crippen molar-refractivity contribution in [3.63, 3.8) is 0 Å². The Hall–Kier alpha value is -2.88. The number of likely N-dealkylation sites (N-methyl/N-ethyl adjacent to an activating group) is 1. The van der Waals surface area contributed by atoms with Crippen molar-refractivity contribution in [2.45, 2.75) is 87.0 Å². The standard InChI is InChI=1S/C42H50ClN4O4/c1-6-24-21-47(23-43)16-15-41-20-31-27-17-35-37-28(25-11-7-9-13-32(25)45(37)4)18-34(44(35)3)29(27)22-50-40(31,2)51-42(41)36(47)19-26(24)38(39(48)49-5)46(42)33-14-10-8-12-30(33)41/h6-14,26-27,29,31,34-36,38H,15-23H2,1-5H3/q+1/b24-6-/t26-,27+,29+,31-,34-,35-,36-,38-,40-,41-,42-,47?/m0/s1. The van der Waals surface area contributed by atoms with Crippen LogP contribution in [0, 0.1) is 23.7 Å². The van der Waals surface area contributed by atoms with Gasteiger partial charge in [0.25, 0.3) is 0 Å². The average Bonchev–Trinajstić information content (AvgIpc) is 3.56. The lowest BCUT2D eigenvalue weighted by atomic mass is 9.51. The van der Waals surface area contributed by atoms with Crippen LogP contribution in [-0.4, -0.2) is 89.4 Å². The van der Waals surface area contributed by atoms with E-state index in [0.29, 0.717) is 36.5 Å². The van der Waals surface area contributed by atoms with Gasteiger partial charge in [-0.05, 0) is 74.9 Å². The zero-order valence-electron chi connectivity index (χ0n) is 30.5. The van der Waals surface area contributed by atoms with Crippen molar-refractivity contribution in [1.82, 2.24) is 9.47 Å². The third-order valence-electron chi connectivity index (χ3n) is 16.2. The molecule has 1 spiro atoms. The fourth-order valence-corrected chi connectivity index (χ4v) is 14.5. The molecule has 12 atom stereocenters. The normalized spacial score (nSPS) is 45.1. The number of carbonyl (C=O) groups excluding carboxylic acids is 1. The number of allylic oxidation sites excluding steroid dienone is 1. The van der Waals surface area contributed by atoms with Crippen LogP contribution < -0.4 is 4.90 Å². The predicted octanol–water partition coefficient (Wildman–Crippen LogP) is 6.26. The van der Waals surface area contributed by atoms with E-state index in [1.807, 2.05) is 0 Å². The predicted molar refractivity (Wildman–Crippen MR) is 196 cm³/mol. The lowest BCUT2D eigenvalue weighted by Crippen LogP contribution is -2.88. The van der Waals surface area contributed by atoms with E-state index in [1.165, 1.54) is 33.3 Å². The van der Waals surface area contributed by atoms with E-state index in [2.05, 4.69) is 96.9 Å². The van der Waals surface area contributed by atoms with E-state index in [4.69, 9.17) is 25.8 Å². The van der Waals surface area contributed by atoms with Crippen molar-refractivity contribution in [2.24, 2.45) is 30.7 Å². The number of piperidine rings is 4. The van der Waals surface area contributed by atoms with Crippen molar-refractivity contribution in [2.75, 3.05) is 44.8 Å². The van der Waals surface area contributed by atoms with Crippen LogP contribution in [-0.2, 0) is 37.9 Å². The number of methoxy groups -OCH3 is 1. The van der Waals surface area contributed by atoms with Gasteiger partial charge < -0.3 is 28.2 Å². The monoisotopic (exact) mass is 709 g/mol. The second kappa shape index (κ2) is 10.2. The summed E-state index contributed by atoms with van der Waals surface area (Å²) in [6.45, 7) is 6.91. The molecule has 3 aromatic rings. The molecule has 0 amide bonds. The molecule has 1 unspecified atom stereocenters. The Balaban J connectivity index is 1.09. The number of hydrogen-bond acceptors (Lipinski definition) is 6. The van der Waals surface area contributed by atoms with Crippen LogP contribution in [0.1, 0.15) is 62.4 Å². The fraction of sp³-hybridized carbons (Fsp3) is 0.595. The second-order valence-electron chi connectivity index (χ2n) is 17.5. The van der Waals surface area contributed by atoms with E-state index >= 15 is 0 Å². The summed E-state index contributed by atoms with van der Waals surface area (Å²) < 4.78 is 24.2. The van der Waals surface area contributed by atoms with Gasteiger partial charge in [0.1, 0.15) is 18.6 Å². The van der Waals surface area contributed by atoms with Crippen molar-refractivity contribution < 1.29 is 23.5 Å². The lowest BCUT2D eigenvalue weighted by Gasteiger charge is -2.73. The van der Waals surface area contributed by atoms with E-state index in [-0.39, 0.29) is 29.3 Å². The number of rotatable bonds is 2. The van der Waals surface area contributed by atoms with Crippen LogP contribution in [0.4, 0.5) is 5.69 Å². The van der Waals surface area contributed by atoms with E-state index < -0.39 is 17.6 Å². The maximum absolute atomic E-state index is 14.2. The van der Waals surface area contributed by atoms with E-state index in [1.54, 1.807) is 7.11 Å².